The fraction of sp³-hybridized carbons (Fsp3) is 0.542. The molecule has 0 bridgehead atoms. The second-order valence-electron chi connectivity index (χ2n) is 9.76. The molecule has 3 heteroatoms. The van der Waals surface area contributed by atoms with Gasteiger partial charge < -0.3 is 10.6 Å². The van der Waals surface area contributed by atoms with Crippen LogP contribution in [0.2, 0.25) is 0 Å². The molecular weight excluding hydrogens is 330 g/mol. The van der Waals surface area contributed by atoms with Crippen molar-refractivity contribution in [3.63, 3.8) is 0 Å². The van der Waals surface area contributed by atoms with Crippen LogP contribution in [0.3, 0.4) is 0 Å². The second-order valence-corrected chi connectivity index (χ2v) is 9.76. The number of benzene rings is 1. The van der Waals surface area contributed by atoms with Gasteiger partial charge in [-0.25, -0.2) is 4.98 Å². The van der Waals surface area contributed by atoms with Crippen molar-refractivity contribution in [2.45, 2.75) is 70.3 Å². The maximum absolute atomic E-state index is 6.06. The van der Waals surface area contributed by atoms with E-state index in [9.17, 15) is 0 Å². The summed E-state index contributed by atoms with van der Waals surface area (Å²) in [6, 6.07) is 11.8. The van der Waals surface area contributed by atoms with Gasteiger partial charge in [-0.15, -0.1) is 0 Å². The summed E-state index contributed by atoms with van der Waals surface area (Å²) < 4.78 is 0. The van der Waals surface area contributed by atoms with Gasteiger partial charge in [-0.1, -0.05) is 45.9 Å². The number of piperidine rings is 1. The van der Waals surface area contributed by atoms with Crippen LogP contribution in [-0.2, 0) is 10.8 Å². The van der Waals surface area contributed by atoms with Gasteiger partial charge in [0.1, 0.15) is 5.82 Å². The first kappa shape index (κ1) is 18.5. The normalized spacial score (nSPS) is 21.7. The van der Waals surface area contributed by atoms with E-state index in [0.717, 1.165) is 31.7 Å². The van der Waals surface area contributed by atoms with Crippen LogP contribution in [0.4, 0.5) is 5.82 Å². The van der Waals surface area contributed by atoms with Crippen molar-refractivity contribution >= 4 is 5.82 Å². The van der Waals surface area contributed by atoms with E-state index < -0.39 is 0 Å². The summed E-state index contributed by atoms with van der Waals surface area (Å²) in [5, 5.41) is 0. The summed E-state index contributed by atoms with van der Waals surface area (Å²) in [4.78, 5) is 7.01. The predicted octanol–water partition coefficient (Wildman–Crippen LogP) is 5.03. The Kier molecular flexibility index (Phi) is 4.54. The number of fused-ring (bicyclic) bond motifs is 1. The summed E-state index contributed by atoms with van der Waals surface area (Å²) in [7, 11) is 0. The molecule has 2 aliphatic rings. The zero-order valence-corrected chi connectivity index (χ0v) is 17.3. The molecule has 0 radical (unpaired) electrons. The minimum atomic E-state index is 0.236. The molecule has 1 fully saturated rings. The zero-order chi connectivity index (χ0) is 19.2. The minimum absolute atomic E-state index is 0.236. The van der Waals surface area contributed by atoms with E-state index in [-0.39, 0.29) is 10.8 Å². The highest BCUT2D eigenvalue weighted by Gasteiger charge is 2.37. The van der Waals surface area contributed by atoms with Crippen LogP contribution in [0, 0.1) is 0 Å². The number of hydrogen-bond donors (Lipinski definition) is 1. The number of hydrogen-bond acceptors (Lipinski definition) is 3. The molecule has 0 amide bonds. The van der Waals surface area contributed by atoms with Gasteiger partial charge >= 0.3 is 0 Å². The molecule has 0 spiro atoms. The number of rotatable bonds is 2. The molecule has 1 aromatic carbocycles. The average molecular weight is 364 g/mol. The van der Waals surface area contributed by atoms with E-state index in [1.807, 2.05) is 6.20 Å². The monoisotopic (exact) mass is 363 g/mol. The standard InChI is InChI=1S/C24H33N3/c1-23(2)10-11-24(3,4)21-15-17(5-6-20(21)23)18-7-12-26-22(16-18)27-13-8-19(25)9-14-27/h5-7,12,15-16,19H,8-11,13-14,25H2,1-4H3. The molecule has 2 heterocycles. The zero-order valence-electron chi connectivity index (χ0n) is 17.3. The molecule has 1 aromatic heterocycles. The Labute approximate surface area is 164 Å². The van der Waals surface area contributed by atoms with Gasteiger partial charge in [0.2, 0.25) is 0 Å². The van der Waals surface area contributed by atoms with Crippen LogP contribution in [0.1, 0.15) is 64.5 Å². The summed E-state index contributed by atoms with van der Waals surface area (Å²) in [6.07, 6.45) is 6.55. The summed E-state index contributed by atoms with van der Waals surface area (Å²) in [5.41, 5.74) is 12.2. The quantitative estimate of drug-likeness (QED) is 0.814. The molecule has 144 valence electrons. The van der Waals surface area contributed by atoms with Gasteiger partial charge in [0.05, 0.1) is 0 Å². The van der Waals surface area contributed by atoms with Crippen molar-refractivity contribution in [3.05, 3.63) is 47.7 Å². The number of nitrogens with two attached hydrogens (primary N) is 1. The Bertz CT molecular complexity index is 829. The number of nitrogens with zero attached hydrogens (tertiary/aromatic N) is 2. The Hall–Kier alpha value is -1.87. The molecule has 3 nitrogen and oxygen atoms in total. The highest BCUT2D eigenvalue weighted by atomic mass is 15.2. The molecule has 0 saturated carbocycles. The Balaban J connectivity index is 1.70. The molecule has 1 aliphatic carbocycles. The van der Waals surface area contributed by atoms with Crippen molar-refractivity contribution in [2.24, 2.45) is 5.73 Å². The predicted molar refractivity (Wildman–Crippen MR) is 114 cm³/mol. The smallest absolute Gasteiger partial charge is 0.129 e. The van der Waals surface area contributed by atoms with Gasteiger partial charge in [-0.3, -0.25) is 0 Å². The van der Waals surface area contributed by atoms with Crippen LogP contribution in [0.25, 0.3) is 11.1 Å². The highest BCUT2D eigenvalue weighted by molar-refractivity contribution is 5.69. The van der Waals surface area contributed by atoms with E-state index in [2.05, 4.69) is 67.9 Å². The maximum atomic E-state index is 6.06. The van der Waals surface area contributed by atoms with E-state index in [0.29, 0.717) is 6.04 Å². The first-order valence-electron chi connectivity index (χ1n) is 10.4. The lowest BCUT2D eigenvalue weighted by atomic mass is 9.63. The number of aromatic nitrogens is 1. The molecule has 0 atom stereocenters. The molecule has 1 saturated heterocycles. The third-order valence-corrected chi connectivity index (χ3v) is 6.80. The van der Waals surface area contributed by atoms with E-state index in [1.54, 1.807) is 0 Å². The molecule has 0 unspecified atom stereocenters. The lowest BCUT2D eigenvalue weighted by Crippen LogP contribution is -2.40. The second kappa shape index (κ2) is 6.63. The third-order valence-electron chi connectivity index (χ3n) is 6.80. The van der Waals surface area contributed by atoms with Crippen LogP contribution in [-0.4, -0.2) is 24.1 Å². The SMILES string of the molecule is CC1(C)CCC(C)(C)c2cc(-c3ccnc(N4CCC(N)CC4)c3)ccc21. The number of pyridine rings is 1. The van der Waals surface area contributed by atoms with Gasteiger partial charge in [-0.05, 0) is 70.9 Å². The van der Waals surface area contributed by atoms with Crippen LogP contribution in [0.15, 0.2) is 36.5 Å². The third kappa shape index (κ3) is 3.50. The molecule has 1 aliphatic heterocycles. The first-order chi connectivity index (χ1) is 12.8. The average Bonchev–Trinajstić information content (AvgIpc) is 2.66. The van der Waals surface area contributed by atoms with Crippen molar-refractivity contribution in [1.29, 1.82) is 0 Å². The summed E-state index contributed by atoms with van der Waals surface area (Å²) in [5.74, 6) is 1.08. The van der Waals surface area contributed by atoms with Gasteiger partial charge in [0.25, 0.3) is 0 Å². The Morgan fingerprint density at radius 1 is 0.889 bits per heavy atom. The lowest BCUT2D eigenvalue weighted by molar-refractivity contribution is 0.332. The molecule has 27 heavy (non-hydrogen) atoms. The fourth-order valence-electron chi connectivity index (χ4n) is 4.67. The van der Waals surface area contributed by atoms with Crippen molar-refractivity contribution in [2.75, 3.05) is 18.0 Å². The van der Waals surface area contributed by atoms with Gasteiger partial charge in [0.15, 0.2) is 0 Å². The molecular formula is C24H33N3. The van der Waals surface area contributed by atoms with Crippen LogP contribution < -0.4 is 10.6 Å². The topological polar surface area (TPSA) is 42.2 Å². The van der Waals surface area contributed by atoms with Gasteiger partial charge in [-0.2, -0.15) is 0 Å². The molecule has 4 rings (SSSR count). The fourth-order valence-corrected chi connectivity index (χ4v) is 4.67. The summed E-state index contributed by atoms with van der Waals surface area (Å²) in [6.45, 7) is 11.5. The maximum Gasteiger partial charge on any atom is 0.129 e. The minimum Gasteiger partial charge on any atom is -0.356 e. The summed E-state index contributed by atoms with van der Waals surface area (Å²) >= 11 is 0. The Morgan fingerprint density at radius 3 is 2.22 bits per heavy atom. The van der Waals surface area contributed by atoms with Crippen LogP contribution in [0.5, 0.6) is 0 Å². The molecule has 2 N–H and O–H groups in total. The first-order valence-corrected chi connectivity index (χ1v) is 10.4. The number of anilines is 1. The lowest BCUT2D eigenvalue weighted by Gasteiger charge is -2.42. The largest absolute Gasteiger partial charge is 0.356 e. The van der Waals surface area contributed by atoms with Crippen molar-refractivity contribution in [3.8, 4) is 11.1 Å². The molecule has 2 aromatic rings. The van der Waals surface area contributed by atoms with Crippen molar-refractivity contribution < 1.29 is 0 Å². The van der Waals surface area contributed by atoms with Gasteiger partial charge in [0, 0.05) is 25.3 Å². The van der Waals surface area contributed by atoms with E-state index in [4.69, 9.17) is 5.73 Å². The van der Waals surface area contributed by atoms with Crippen LogP contribution >= 0.6 is 0 Å². The van der Waals surface area contributed by atoms with E-state index in [1.165, 1.54) is 35.1 Å². The van der Waals surface area contributed by atoms with Crippen molar-refractivity contribution in [1.82, 2.24) is 4.98 Å². The van der Waals surface area contributed by atoms with E-state index >= 15 is 0 Å². The Morgan fingerprint density at radius 2 is 1.52 bits per heavy atom. The highest BCUT2D eigenvalue weighted by Crippen LogP contribution is 2.46.